The van der Waals surface area contributed by atoms with E-state index in [0.717, 1.165) is 12.8 Å². The second kappa shape index (κ2) is 6.68. The lowest BCUT2D eigenvalue weighted by molar-refractivity contribution is -0.0335. The lowest BCUT2D eigenvalue weighted by Gasteiger charge is -2.38. The molecule has 0 aliphatic heterocycles. The number of hydrogen-bond acceptors (Lipinski definition) is 1. The van der Waals surface area contributed by atoms with E-state index in [1.165, 1.54) is 67.8 Å². The van der Waals surface area contributed by atoms with Crippen LogP contribution in [-0.2, 0) is 4.74 Å². The first-order valence-electron chi connectivity index (χ1n) is 12.5. The van der Waals surface area contributed by atoms with E-state index in [4.69, 9.17) is 4.74 Å². The summed E-state index contributed by atoms with van der Waals surface area (Å²) in [6.45, 7) is 0. The van der Waals surface area contributed by atoms with Crippen LogP contribution in [0.25, 0.3) is 33.7 Å². The van der Waals surface area contributed by atoms with Gasteiger partial charge in [0.25, 0.3) is 0 Å². The fraction of sp³-hybridized carbons (Fsp3) is 0.250. The highest BCUT2D eigenvalue weighted by atomic mass is 16.5. The topological polar surface area (TPSA) is 9.23 Å². The SMILES string of the molecule is C1=CC2CCC(OC3CCC4C=Cc5cccc6ccc3c4c56)c3ccc4cccc1c4c32. The Morgan fingerprint density at radius 1 is 0.545 bits per heavy atom. The molecule has 160 valence electrons. The third-order valence-corrected chi connectivity index (χ3v) is 8.56. The summed E-state index contributed by atoms with van der Waals surface area (Å²) in [5.41, 5.74) is 8.63. The maximum Gasteiger partial charge on any atom is 0.0836 e. The molecule has 0 saturated heterocycles. The van der Waals surface area contributed by atoms with Gasteiger partial charge in [0, 0.05) is 11.8 Å². The maximum atomic E-state index is 7.06. The van der Waals surface area contributed by atoms with Gasteiger partial charge in [-0.25, -0.2) is 0 Å². The quantitative estimate of drug-likeness (QED) is 0.312. The van der Waals surface area contributed by atoms with Gasteiger partial charge in [0.1, 0.15) is 0 Å². The van der Waals surface area contributed by atoms with Crippen molar-refractivity contribution < 1.29 is 4.74 Å². The Balaban J connectivity index is 1.24. The van der Waals surface area contributed by atoms with Crippen molar-refractivity contribution in [2.45, 2.75) is 49.7 Å². The van der Waals surface area contributed by atoms with Gasteiger partial charge < -0.3 is 4.74 Å². The van der Waals surface area contributed by atoms with Gasteiger partial charge in [-0.15, -0.1) is 0 Å². The standard InChI is InChI=1S/C32H26O/c1-3-19-7-9-23-13-17-27(25-15-11-21(5-1)29(19)31(23)25)33-28-18-14-24-10-8-20-4-2-6-22-12-16-26(28)32(24)30(20)22/h1-12,15-16,23-24,27-28H,13-14,17-18H2. The molecule has 0 aromatic heterocycles. The van der Waals surface area contributed by atoms with Gasteiger partial charge in [-0.3, -0.25) is 0 Å². The van der Waals surface area contributed by atoms with E-state index in [0.29, 0.717) is 11.8 Å². The number of ether oxygens (including phenoxy) is 1. The Morgan fingerprint density at radius 3 is 1.58 bits per heavy atom. The van der Waals surface area contributed by atoms with E-state index < -0.39 is 0 Å². The summed E-state index contributed by atoms with van der Waals surface area (Å²) in [5, 5.41) is 5.63. The molecule has 4 aromatic carbocycles. The summed E-state index contributed by atoms with van der Waals surface area (Å²) in [6.07, 6.45) is 14.4. The van der Waals surface area contributed by atoms with Gasteiger partial charge in [0.15, 0.2) is 0 Å². The van der Waals surface area contributed by atoms with Crippen LogP contribution >= 0.6 is 0 Å². The van der Waals surface area contributed by atoms with Gasteiger partial charge in [-0.2, -0.15) is 0 Å². The highest BCUT2D eigenvalue weighted by Gasteiger charge is 2.35. The summed E-state index contributed by atoms with van der Waals surface area (Å²) < 4.78 is 7.06. The van der Waals surface area contributed by atoms with Crippen LogP contribution in [0, 0.1) is 0 Å². The van der Waals surface area contributed by atoms with E-state index in [9.17, 15) is 0 Å². The van der Waals surface area contributed by atoms with E-state index in [1.54, 1.807) is 0 Å². The van der Waals surface area contributed by atoms with Crippen LogP contribution in [0.5, 0.6) is 0 Å². The third-order valence-electron chi connectivity index (χ3n) is 8.56. The number of benzene rings is 4. The molecule has 0 amide bonds. The molecule has 0 spiro atoms. The third kappa shape index (κ3) is 2.52. The van der Waals surface area contributed by atoms with Gasteiger partial charge in [0.05, 0.1) is 12.2 Å². The van der Waals surface area contributed by atoms with E-state index >= 15 is 0 Å². The Morgan fingerprint density at radius 2 is 1.06 bits per heavy atom. The molecular weight excluding hydrogens is 400 g/mol. The minimum atomic E-state index is 0.180. The van der Waals surface area contributed by atoms with Crippen molar-refractivity contribution in [3.8, 4) is 0 Å². The number of rotatable bonds is 2. The lowest BCUT2D eigenvalue weighted by Crippen LogP contribution is -2.23. The molecule has 8 rings (SSSR count). The molecule has 0 radical (unpaired) electrons. The predicted octanol–water partition coefficient (Wildman–Crippen LogP) is 8.60. The minimum absolute atomic E-state index is 0.180. The molecule has 4 aliphatic rings. The molecule has 33 heavy (non-hydrogen) atoms. The Kier molecular flexibility index (Phi) is 3.70. The van der Waals surface area contributed by atoms with Crippen molar-refractivity contribution in [2.75, 3.05) is 0 Å². The highest BCUT2D eigenvalue weighted by molar-refractivity contribution is 5.97. The molecule has 0 heterocycles. The summed E-state index contributed by atoms with van der Waals surface area (Å²) in [5.74, 6) is 1.06. The fourth-order valence-electron chi connectivity index (χ4n) is 7.11. The molecule has 0 saturated carbocycles. The first-order chi connectivity index (χ1) is 16.3. The minimum Gasteiger partial charge on any atom is -0.366 e. The summed E-state index contributed by atoms with van der Waals surface area (Å²) in [7, 11) is 0. The summed E-state index contributed by atoms with van der Waals surface area (Å²) in [4.78, 5) is 0. The molecule has 0 bridgehead atoms. The van der Waals surface area contributed by atoms with Crippen molar-refractivity contribution in [1.29, 1.82) is 0 Å². The van der Waals surface area contributed by atoms with Gasteiger partial charge in [-0.05, 0) is 80.6 Å². The van der Waals surface area contributed by atoms with Crippen LogP contribution in [0.15, 0.2) is 72.8 Å². The maximum absolute atomic E-state index is 7.06. The normalized spacial score (nSPS) is 26.2. The average Bonchev–Trinajstić information content (AvgIpc) is 2.87. The Hall–Kier alpha value is -3.16. The molecule has 4 aromatic rings. The zero-order valence-corrected chi connectivity index (χ0v) is 18.6. The van der Waals surface area contributed by atoms with Crippen LogP contribution < -0.4 is 0 Å². The van der Waals surface area contributed by atoms with Gasteiger partial charge >= 0.3 is 0 Å². The molecular formula is C32H26O. The highest BCUT2D eigenvalue weighted by Crippen LogP contribution is 2.52. The predicted molar refractivity (Wildman–Crippen MR) is 136 cm³/mol. The second-order valence-corrected chi connectivity index (χ2v) is 10.2. The first kappa shape index (κ1) is 18.3. The summed E-state index contributed by atoms with van der Waals surface area (Å²) in [6, 6.07) is 22.7. The molecule has 4 atom stereocenters. The smallest absolute Gasteiger partial charge is 0.0836 e. The largest absolute Gasteiger partial charge is 0.366 e. The van der Waals surface area contributed by atoms with Crippen molar-refractivity contribution in [3.05, 3.63) is 106 Å². The Labute approximate surface area is 194 Å². The van der Waals surface area contributed by atoms with E-state index in [-0.39, 0.29) is 12.2 Å². The van der Waals surface area contributed by atoms with Gasteiger partial charge in [-0.1, -0.05) is 85.0 Å². The Bertz CT molecular complexity index is 1410. The fourth-order valence-corrected chi connectivity index (χ4v) is 7.11. The summed E-state index contributed by atoms with van der Waals surface area (Å²) >= 11 is 0. The van der Waals surface area contributed by atoms with Crippen LogP contribution in [0.2, 0.25) is 0 Å². The van der Waals surface area contributed by atoms with Gasteiger partial charge in [0.2, 0.25) is 0 Å². The van der Waals surface area contributed by atoms with Crippen LogP contribution in [-0.4, -0.2) is 0 Å². The molecule has 0 fully saturated rings. The number of hydrogen-bond donors (Lipinski definition) is 0. The first-order valence-corrected chi connectivity index (χ1v) is 12.5. The molecule has 1 nitrogen and oxygen atoms in total. The van der Waals surface area contributed by atoms with E-state index in [2.05, 4.69) is 85.0 Å². The van der Waals surface area contributed by atoms with Crippen molar-refractivity contribution >= 4 is 33.7 Å². The zero-order chi connectivity index (χ0) is 21.5. The number of allylic oxidation sites excluding steroid dienone is 2. The van der Waals surface area contributed by atoms with Crippen LogP contribution in [0.1, 0.15) is 83.1 Å². The molecule has 0 N–H and O–H groups in total. The van der Waals surface area contributed by atoms with E-state index in [1.807, 2.05) is 0 Å². The van der Waals surface area contributed by atoms with Crippen molar-refractivity contribution in [3.63, 3.8) is 0 Å². The average molecular weight is 427 g/mol. The second-order valence-electron chi connectivity index (χ2n) is 10.2. The van der Waals surface area contributed by atoms with Crippen molar-refractivity contribution in [1.82, 2.24) is 0 Å². The molecule has 4 aliphatic carbocycles. The van der Waals surface area contributed by atoms with Crippen LogP contribution in [0.4, 0.5) is 0 Å². The zero-order valence-electron chi connectivity index (χ0n) is 18.6. The molecule has 1 heteroatoms. The van der Waals surface area contributed by atoms with Crippen LogP contribution in [0.3, 0.4) is 0 Å². The lowest BCUT2D eigenvalue weighted by atomic mass is 9.74. The molecule has 4 unspecified atom stereocenters. The monoisotopic (exact) mass is 426 g/mol. The van der Waals surface area contributed by atoms with Crippen molar-refractivity contribution in [2.24, 2.45) is 0 Å².